The van der Waals surface area contributed by atoms with Gasteiger partial charge in [-0.2, -0.15) is 4.83 Å². The molecule has 0 radical (unpaired) electrons. The highest BCUT2D eigenvalue weighted by molar-refractivity contribution is 7.12. The molecule has 0 aliphatic rings. The SMILES string of the molecule is COC(=O)CC(CN(O)P)c1ccccc1F. The van der Waals surface area contributed by atoms with Gasteiger partial charge in [0.25, 0.3) is 0 Å². The first-order chi connectivity index (χ1) is 8.04. The van der Waals surface area contributed by atoms with Gasteiger partial charge in [-0.25, -0.2) is 4.39 Å². The van der Waals surface area contributed by atoms with Crippen molar-refractivity contribution in [3.63, 3.8) is 0 Å². The number of hydrogen-bond donors (Lipinski definition) is 1. The van der Waals surface area contributed by atoms with E-state index < -0.39 is 17.7 Å². The minimum atomic E-state index is -0.453. The van der Waals surface area contributed by atoms with E-state index in [0.29, 0.717) is 5.56 Å². The van der Waals surface area contributed by atoms with Crippen LogP contribution in [0.25, 0.3) is 0 Å². The Balaban J connectivity index is 2.89. The molecule has 2 atom stereocenters. The molecule has 0 aliphatic carbocycles. The lowest BCUT2D eigenvalue weighted by atomic mass is 9.95. The van der Waals surface area contributed by atoms with Gasteiger partial charge in [-0.15, -0.1) is 0 Å². The molecule has 0 aromatic heterocycles. The van der Waals surface area contributed by atoms with Crippen molar-refractivity contribution in [2.75, 3.05) is 13.7 Å². The maximum atomic E-state index is 13.6. The number of nitrogens with zero attached hydrogens (tertiary/aromatic N) is 1. The van der Waals surface area contributed by atoms with Crippen molar-refractivity contribution in [2.24, 2.45) is 0 Å². The molecule has 94 valence electrons. The lowest BCUT2D eigenvalue weighted by Crippen LogP contribution is -2.20. The Morgan fingerprint density at radius 2 is 2.24 bits per heavy atom. The first kappa shape index (κ1) is 14.0. The minimum absolute atomic E-state index is 0.0168. The summed E-state index contributed by atoms with van der Waals surface area (Å²) in [5.41, 5.74) is 0.388. The maximum absolute atomic E-state index is 13.6. The molecule has 0 spiro atoms. The summed E-state index contributed by atoms with van der Waals surface area (Å²) < 4.78 is 18.1. The summed E-state index contributed by atoms with van der Waals surface area (Å²) in [6.07, 6.45) is 0.0168. The number of halogens is 1. The molecule has 0 amide bonds. The molecule has 0 heterocycles. The van der Waals surface area contributed by atoms with Gasteiger partial charge in [-0.1, -0.05) is 18.2 Å². The number of rotatable bonds is 5. The third-order valence-corrected chi connectivity index (χ3v) is 2.60. The monoisotopic (exact) mass is 259 g/mol. The van der Waals surface area contributed by atoms with E-state index >= 15 is 0 Å². The van der Waals surface area contributed by atoms with Crippen LogP contribution in [0, 0.1) is 5.82 Å². The minimum Gasteiger partial charge on any atom is -0.469 e. The molecule has 2 unspecified atom stereocenters. The molecule has 0 aliphatic heterocycles. The molecular formula is C11H15FNO3P. The standard InChI is InChI=1S/C11H15FNO3P/c1-16-11(14)6-8(7-13(15)17)9-4-2-3-5-10(9)12/h2-5,8,15H,6-7,17H2,1H3. The average molecular weight is 259 g/mol. The van der Waals surface area contributed by atoms with E-state index in [1.54, 1.807) is 18.2 Å². The maximum Gasteiger partial charge on any atom is 0.306 e. The average Bonchev–Trinajstić information content (AvgIpc) is 2.28. The molecule has 0 bridgehead atoms. The first-order valence-electron chi connectivity index (χ1n) is 5.07. The highest BCUT2D eigenvalue weighted by atomic mass is 31.0. The third-order valence-electron chi connectivity index (χ3n) is 2.39. The van der Waals surface area contributed by atoms with Crippen LogP contribution in [0.15, 0.2) is 24.3 Å². The molecule has 1 aromatic carbocycles. The van der Waals surface area contributed by atoms with E-state index in [0.717, 1.165) is 4.83 Å². The van der Waals surface area contributed by atoms with E-state index in [9.17, 15) is 14.4 Å². The van der Waals surface area contributed by atoms with Crippen molar-refractivity contribution in [2.45, 2.75) is 12.3 Å². The predicted octanol–water partition coefficient (Wildman–Crippen LogP) is 1.95. The predicted molar refractivity (Wildman–Crippen MR) is 64.0 cm³/mol. The summed E-state index contributed by atoms with van der Waals surface area (Å²) in [6, 6.07) is 6.18. The van der Waals surface area contributed by atoms with Crippen molar-refractivity contribution in [3.05, 3.63) is 35.6 Å². The Hall–Kier alpha value is -1.03. The molecule has 17 heavy (non-hydrogen) atoms. The van der Waals surface area contributed by atoms with E-state index in [4.69, 9.17) is 0 Å². The highest BCUT2D eigenvalue weighted by Gasteiger charge is 2.20. The van der Waals surface area contributed by atoms with Gasteiger partial charge in [-0.05, 0) is 21.0 Å². The number of ether oxygens (including phenoxy) is 1. The van der Waals surface area contributed by atoms with Crippen LogP contribution < -0.4 is 0 Å². The summed E-state index contributed by atoms with van der Waals surface area (Å²) in [5.74, 6) is -1.29. The van der Waals surface area contributed by atoms with E-state index in [1.165, 1.54) is 13.2 Å². The molecule has 1 N–H and O–H groups in total. The fourth-order valence-corrected chi connectivity index (χ4v) is 1.84. The Labute approximate surface area is 102 Å². The van der Waals surface area contributed by atoms with Crippen molar-refractivity contribution >= 4 is 15.4 Å². The van der Waals surface area contributed by atoms with Crippen molar-refractivity contribution in [3.8, 4) is 0 Å². The van der Waals surface area contributed by atoms with E-state index in [-0.39, 0.29) is 13.0 Å². The number of esters is 1. The Morgan fingerprint density at radius 1 is 1.59 bits per heavy atom. The van der Waals surface area contributed by atoms with Crippen LogP contribution in [-0.4, -0.2) is 29.7 Å². The normalized spacial score (nSPS) is 12.5. The Morgan fingerprint density at radius 3 is 2.76 bits per heavy atom. The molecule has 6 heteroatoms. The zero-order chi connectivity index (χ0) is 12.8. The second-order valence-electron chi connectivity index (χ2n) is 3.62. The van der Waals surface area contributed by atoms with Gasteiger partial charge in [0.1, 0.15) is 5.82 Å². The second kappa shape index (κ2) is 6.64. The summed E-state index contributed by atoms with van der Waals surface area (Å²) >= 11 is 0. The molecule has 1 rings (SSSR count). The molecule has 0 saturated carbocycles. The molecule has 0 fully saturated rings. The van der Waals surface area contributed by atoms with Crippen LogP contribution in [-0.2, 0) is 9.53 Å². The molecule has 0 saturated heterocycles. The van der Waals surface area contributed by atoms with Crippen molar-refractivity contribution in [1.29, 1.82) is 0 Å². The van der Waals surface area contributed by atoms with Gasteiger partial charge in [0.15, 0.2) is 0 Å². The largest absolute Gasteiger partial charge is 0.469 e. The quantitative estimate of drug-likeness (QED) is 0.499. The van der Waals surface area contributed by atoms with E-state index in [1.807, 2.05) is 0 Å². The summed E-state index contributed by atoms with van der Waals surface area (Å²) in [6.45, 7) is 0.126. The van der Waals surface area contributed by atoms with Crippen LogP contribution in [0.2, 0.25) is 0 Å². The van der Waals surface area contributed by atoms with Crippen LogP contribution in [0.1, 0.15) is 17.9 Å². The lowest BCUT2D eigenvalue weighted by Gasteiger charge is -2.19. The van der Waals surface area contributed by atoms with Gasteiger partial charge in [0, 0.05) is 12.5 Å². The van der Waals surface area contributed by atoms with Gasteiger partial charge in [0.2, 0.25) is 0 Å². The van der Waals surface area contributed by atoms with Gasteiger partial charge in [-0.3, -0.25) is 4.79 Å². The fourth-order valence-electron chi connectivity index (χ4n) is 1.59. The summed E-state index contributed by atoms with van der Waals surface area (Å²) in [7, 11) is 3.34. The van der Waals surface area contributed by atoms with Crippen LogP contribution in [0.4, 0.5) is 4.39 Å². The lowest BCUT2D eigenvalue weighted by molar-refractivity contribution is -0.141. The van der Waals surface area contributed by atoms with Crippen LogP contribution >= 0.6 is 9.39 Å². The van der Waals surface area contributed by atoms with Crippen molar-refractivity contribution < 1.29 is 19.1 Å². The Kier molecular flexibility index (Phi) is 5.48. The first-order valence-corrected chi connectivity index (χ1v) is 5.58. The number of carbonyl (C=O) groups excluding carboxylic acids is 1. The van der Waals surface area contributed by atoms with Crippen molar-refractivity contribution in [1.82, 2.24) is 4.83 Å². The topological polar surface area (TPSA) is 49.8 Å². The van der Waals surface area contributed by atoms with Crippen LogP contribution in [0.5, 0.6) is 0 Å². The zero-order valence-corrected chi connectivity index (χ0v) is 10.6. The van der Waals surface area contributed by atoms with Gasteiger partial charge < -0.3 is 9.94 Å². The number of hydrogen-bond acceptors (Lipinski definition) is 4. The third kappa shape index (κ3) is 4.38. The molecule has 4 nitrogen and oxygen atoms in total. The molecular weight excluding hydrogens is 244 g/mol. The van der Waals surface area contributed by atoms with Gasteiger partial charge in [0.05, 0.1) is 13.5 Å². The number of methoxy groups -OCH3 is 1. The van der Waals surface area contributed by atoms with Gasteiger partial charge >= 0.3 is 5.97 Å². The highest BCUT2D eigenvalue weighted by Crippen LogP contribution is 2.24. The fraction of sp³-hybridized carbons (Fsp3) is 0.364. The smallest absolute Gasteiger partial charge is 0.306 e. The second-order valence-corrected chi connectivity index (χ2v) is 4.22. The zero-order valence-electron chi connectivity index (χ0n) is 9.47. The Bertz CT molecular complexity index is 387. The number of hydroxylamine groups is 1. The number of benzene rings is 1. The van der Waals surface area contributed by atoms with E-state index in [2.05, 4.69) is 14.1 Å². The number of carbonyl (C=O) groups is 1. The van der Waals surface area contributed by atoms with Crippen LogP contribution in [0.3, 0.4) is 0 Å². The summed E-state index contributed by atoms with van der Waals surface area (Å²) in [4.78, 5) is 12.1. The molecule has 1 aromatic rings. The summed E-state index contributed by atoms with van der Waals surface area (Å²) in [5, 5.41) is 9.18.